The van der Waals surface area contributed by atoms with Gasteiger partial charge in [0.1, 0.15) is 0 Å². The summed E-state index contributed by atoms with van der Waals surface area (Å²) in [5, 5.41) is 12.4. The van der Waals surface area contributed by atoms with E-state index in [0.717, 1.165) is 13.0 Å². The molecule has 0 aromatic rings. The third-order valence-corrected chi connectivity index (χ3v) is 3.31. The summed E-state index contributed by atoms with van der Waals surface area (Å²) in [6.07, 6.45) is 2.15. The largest absolute Gasteiger partial charge is 0.394 e. The van der Waals surface area contributed by atoms with Crippen molar-refractivity contribution in [3.63, 3.8) is 0 Å². The molecule has 0 bridgehead atoms. The maximum Gasteiger partial charge on any atom is 0.0610 e. The van der Waals surface area contributed by atoms with E-state index in [1.54, 1.807) is 0 Å². The highest BCUT2D eigenvalue weighted by molar-refractivity contribution is 4.81. The lowest BCUT2D eigenvalue weighted by atomic mass is 9.99. The molecule has 0 rings (SSSR count). The summed E-state index contributed by atoms with van der Waals surface area (Å²) < 4.78 is 0. The molecule has 0 aliphatic carbocycles. The fourth-order valence-electron chi connectivity index (χ4n) is 1.24. The van der Waals surface area contributed by atoms with Gasteiger partial charge in [0.15, 0.2) is 0 Å². The van der Waals surface area contributed by atoms with Crippen molar-refractivity contribution in [1.29, 1.82) is 0 Å². The van der Waals surface area contributed by atoms with Crippen molar-refractivity contribution in [2.75, 3.05) is 27.2 Å². The van der Waals surface area contributed by atoms with Crippen LogP contribution in [0.2, 0.25) is 0 Å². The molecule has 0 fully saturated rings. The number of rotatable bonds is 7. The van der Waals surface area contributed by atoms with Crippen LogP contribution in [0.1, 0.15) is 33.6 Å². The second-order valence-electron chi connectivity index (χ2n) is 4.46. The molecule has 3 heteroatoms. The summed E-state index contributed by atoms with van der Waals surface area (Å²) in [5.74, 6) is 0. The number of likely N-dealkylation sites (N-methyl/N-ethyl adjacent to an activating group) is 1. The topological polar surface area (TPSA) is 35.5 Å². The zero-order valence-electron chi connectivity index (χ0n) is 10.3. The second-order valence-corrected chi connectivity index (χ2v) is 4.46. The molecule has 14 heavy (non-hydrogen) atoms. The van der Waals surface area contributed by atoms with Gasteiger partial charge in [0.2, 0.25) is 0 Å². The summed E-state index contributed by atoms with van der Waals surface area (Å²) in [6, 6.07) is 0.620. The highest BCUT2D eigenvalue weighted by Gasteiger charge is 2.21. The van der Waals surface area contributed by atoms with Crippen LogP contribution in [0.5, 0.6) is 0 Å². The van der Waals surface area contributed by atoms with Crippen LogP contribution in [0.3, 0.4) is 0 Å². The lowest BCUT2D eigenvalue weighted by Gasteiger charge is -2.31. The summed E-state index contributed by atoms with van der Waals surface area (Å²) in [5.41, 5.74) is -0.137. The van der Waals surface area contributed by atoms with Crippen LogP contribution in [-0.4, -0.2) is 48.8 Å². The van der Waals surface area contributed by atoms with E-state index in [1.165, 1.54) is 6.42 Å². The molecular formula is C11H26N2O. The molecule has 0 heterocycles. The number of aliphatic hydroxyl groups is 1. The Morgan fingerprint density at radius 2 is 2.07 bits per heavy atom. The van der Waals surface area contributed by atoms with E-state index in [4.69, 9.17) is 0 Å². The van der Waals surface area contributed by atoms with Gasteiger partial charge in [0, 0.05) is 11.6 Å². The van der Waals surface area contributed by atoms with Crippen LogP contribution in [0.4, 0.5) is 0 Å². The quantitative estimate of drug-likeness (QED) is 0.648. The van der Waals surface area contributed by atoms with Gasteiger partial charge in [-0.05, 0) is 47.3 Å². The Hall–Kier alpha value is -0.120. The molecular weight excluding hydrogens is 176 g/mol. The molecule has 0 aliphatic rings. The molecule has 2 N–H and O–H groups in total. The van der Waals surface area contributed by atoms with Gasteiger partial charge in [-0.15, -0.1) is 0 Å². The second kappa shape index (κ2) is 6.38. The number of nitrogens with one attached hydrogen (secondary N) is 1. The van der Waals surface area contributed by atoms with Gasteiger partial charge >= 0.3 is 0 Å². The van der Waals surface area contributed by atoms with Gasteiger partial charge in [-0.3, -0.25) is 0 Å². The minimum absolute atomic E-state index is 0.137. The third kappa shape index (κ3) is 4.40. The number of aliphatic hydroxyl groups excluding tert-OH is 1. The molecule has 3 nitrogen and oxygen atoms in total. The molecule has 86 valence electrons. The first-order valence-electron chi connectivity index (χ1n) is 5.49. The van der Waals surface area contributed by atoms with Gasteiger partial charge in [0.05, 0.1) is 6.61 Å². The van der Waals surface area contributed by atoms with Crippen LogP contribution < -0.4 is 5.32 Å². The first kappa shape index (κ1) is 13.9. The minimum Gasteiger partial charge on any atom is -0.394 e. The van der Waals surface area contributed by atoms with E-state index >= 15 is 0 Å². The van der Waals surface area contributed by atoms with Crippen LogP contribution in [-0.2, 0) is 0 Å². The van der Waals surface area contributed by atoms with E-state index in [0.29, 0.717) is 6.04 Å². The van der Waals surface area contributed by atoms with Crippen molar-refractivity contribution in [1.82, 2.24) is 10.2 Å². The zero-order valence-corrected chi connectivity index (χ0v) is 10.3. The van der Waals surface area contributed by atoms with Crippen LogP contribution >= 0.6 is 0 Å². The molecule has 0 aromatic heterocycles. The van der Waals surface area contributed by atoms with Crippen molar-refractivity contribution in [3.05, 3.63) is 0 Å². The molecule has 0 radical (unpaired) electrons. The summed E-state index contributed by atoms with van der Waals surface area (Å²) in [6.45, 7) is 7.70. The number of nitrogens with zero attached hydrogens (tertiary/aromatic N) is 1. The van der Waals surface area contributed by atoms with Gasteiger partial charge in [-0.2, -0.15) is 0 Å². The minimum atomic E-state index is -0.137. The predicted molar refractivity (Wildman–Crippen MR) is 61.6 cm³/mol. The summed E-state index contributed by atoms with van der Waals surface area (Å²) >= 11 is 0. The van der Waals surface area contributed by atoms with Crippen molar-refractivity contribution in [2.45, 2.75) is 45.2 Å². The Morgan fingerprint density at radius 3 is 2.43 bits per heavy atom. The van der Waals surface area contributed by atoms with Gasteiger partial charge in [0.25, 0.3) is 0 Å². The highest BCUT2D eigenvalue weighted by atomic mass is 16.3. The van der Waals surface area contributed by atoms with E-state index in [2.05, 4.69) is 38.0 Å². The Labute approximate surface area is 88.5 Å². The van der Waals surface area contributed by atoms with Crippen molar-refractivity contribution >= 4 is 0 Å². The van der Waals surface area contributed by atoms with E-state index in [-0.39, 0.29) is 12.1 Å². The molecule has 0 saturated heterocycles. The Kier molecular flexibility index (Phi) is 6.33. The van der Waals surface area contributed by atoms with Crippen molar-refractivity contribution < 1.29 is 5.11 Å². The standard InChI is InChI=1S/C11H26N2O/c1-6-10(2)13(5)8-7-11(3,9-14)12-4/h10,12,14H,6-9H2,1-5H3. The Balaban J connectivity index is 3.91. The first-order valence-corrected chi connectivity index (χ1v) is 5.49. The van der Waals surface area contributed by atoms with E-state index < -0.39 is 0 Å². The normalized spacial score (nSPS) is 18.2. The smallest absolute Gasteiger partial charge is 0.0610 e. The average molecular weight is 202 g/mol. The molecule has 0 saturated carbocycles. The molecule has 0 spiro atoms. The third-order valence-electron chi connectivity index (χ3n) is 3.31. The van der Waals surface area contributed by atoms with Gasteiger partial charge < -0.3 is 15.3 Å². The van der Waals surface area contributed by atoms with Crippen molar-refractivity contribution in [2.24, 2.45) is 0 Å². The lowest BCUT2D eigenvalue weighted by molar-refractivity contribution is 0.148. The fraction of sp³-hybridized carbons (Fsp3) is 1.00. The molecule has 2 atom stereocenters. The maximum atomic E-state index is 9.21. The van der Waals surface area contributed by atoms with E-state index in [1.807, 2.05) is 7.05 Å². The fourth-order valence-corrected chi connectivity index (χ4v) is 1.24. The Bertz CT molecular complexity index is 146. The molecule has 0 amide bonds. The SMILES string of the molecule is CCC(C)N(C)CCC(C)(CO)NC. The Morgan fingerprint density at radius 1 is 1.50 bits per heavy atom. The lowest BCUT2D eigenvalue weighted by Crippen LogP contribution is -2.46. The summed E-state index contributed by atoms with van der Waals surface area (Å²) in [4.78, 5) is 2.34. The monoisotopic (exact) mass is 202 g/mol. The maximum absolute atomic E-state index is 9.21. The number of hydrogen-bond donors (Lipinski definition) is 2. The van der Waals surface area contributed by atoms with E-state index in [9.17, 15) is 5.11 Å². The van der Waals surface area contributed by atoms with Crippen molar-refractivity contribution in [3.8, 4) is 0 Å². The first-order chi connectivity index (χ1) is 6.49. The van der Waals surface area contributed by atoms with Crippen LogP contribution in [0, 0.1) is 0 Å². The molecule has 2 unspecified atom stereocenters. The van der Waals surface area contributed by atoms with Crippen LogP contribution in [0.25, 0.3) is 0 Å². The number of hydrogen-bond acceptors (Lipinski definition) is 3. The zero-order chi connectivity index (χ0) is 11.2. The predicted octanol–water partition coefficient (Wildman–Crippen LogP) is 1.08. The molecule has 0 aliphatic heterocycles. The average Bonchev–Trinajstić information content (AvgIpc) is 2.24. The summed E-state index contributed by atoms with van der Waals surface area (Å²) in [7, 11) is 4.04. The highest BCUT2D eigenvalue weighted by Crippen LogP contribution is 2.10. The molecule has 0 aromatic carbocycles. The van der Waals surface area contributed by atoms with Gasteiger partial charge in [-0.25, -0.2) is 0 Å². The van der Waals surface area contributed by atoms with Crippen LogP contribution in [0.15, 0.2) is 0 Å². The van der Waals surface area contributed by atoms with Gasteiger partial charge in [-0.1, -0.05) is 6.92 Å².